The van der Waals surface area contributed by atoms with Crippen LogP contribution in [0, 0.1) is 12.7 Å². The Balaban J connectivity index is 1.85. The van der Waals surface area contributed by atoms with Gasteiger partial charge in [0.1, 0.15) is 5.82 Å². The highest BCUT2D eigenvalue weighted by Gasteiger charge is 2.07. The van der Waals surface area contributed by atoms with Crippen molar-refractivity contribution in [2.75, 3.05) is 6.54 Å². The van der Waals surface area contributed by atoms with Crippen molar-refractivity contribution in [1.29, 1.82) is 0 Å². The monoisotopic (exact) mass is 249 g/mol. The summed E-state index contributed by atoms with van der Waals surface area (Å²) < 4.78 is 18.1. The van der Waals surface area contributed by atoms with Gasteiger partial charge in [-0.2, -0.15) is 0 Å². The van der Waals surface area contributed by atoms with E-state index in [-0.39, 0.29) is 11.5 Å². The third kappa shape index (κ3) is 3.13. The molecule has 0 unspecified atom stereocenters. The van der Waals surface area contributed by atoms with E-state index in [2.05, 4.69) is 15.5 Å². The van der Waals surface area contributed by atoms with E-state index in [0.717, 1.165) is 0 Å². The Kier molecular flexibility index (Phi) is 3.66. The number of halogens is 1. The summed E-state index contributed by atoms with van der Waals surface area (Å²) in [5.41, 5.74) is 0.289. The first-order chi connectivity index (χ1) is 8.65. The predicted octanol–water partition coefficient (Wildman–Crippen LogP) is 1.49. The van der Waals surface area contributed by atoms with Crippen LogP contribution in [-0.4, -0.2) is 22.6 Å². The lowest BCUT2D eigenvalue weighted by Gasteiger charge is -2.03. The zero-order valence-corrected chi connectivity index (χ0v) is 9.81. The topological polar surface area (TPSA) is 68.0 Å². The number of hydrogen-bond acceptors (Lipinski definition) is 4. The Morgan fingerprint density at radius 2 is 2.28 bits per heavy atom. The molecule has 0 spiro atoms. The minimum absolute atomic E-state index is 0.289. The smallest absolute Gasteiger partial charge is 0.251 e. The maximum absolute atomic E-state index is 12.9. The number of carbonyl (C=O) groups is 1. The van der Waals surface area contributed by atoms with Crippen molar-refractivity contribution in [3.05, 3.63) is 47.4 Å². The van der Waals surface area contributed by atoms with Gasteiger partial charge in [0.15, 0.2) is 0 Å². The summed E-state index contributed by atoms with van der Waals surface area (Å²) in [6.07, 6.45) is 0.446. The molecule has 1 N–H and O–H groups in total. The zero-order valence-electron chi connectivity index (χ0n) is 9.81. The molecule has 94 valence electrons. The fraction of sp³-hybridized carbons (Fsp3) is 0.250. The van der Waals surface area contributed by atoms with Gasteiger partial charge < -0.3 is 9.73 Å². The number of hydrogen-bond donors (Lipinski definition) is 1. The average Bonchev–Trinajstić information content (AvgIpc) is 2.75. The van der Waals surface area contributed by atoms with E-state index in [1.165, 1.54) is 18.2 Å². The first-order valence-corrected chi connectivity index (χ1v) is 5.48. The molecule has 1 aromatic carbocycles. The zero-order chi connectivity index (χ0) is 13.0. The summed E-state index contributed by atoms with van der Waals surface area (Å²) in [7, 11) is 0. The lowest BCUT2D eigenvalue weighted by Crippen LogP contribution is -2.25. The third-order valence-electron chi connectivity index (χ3n) is 2.28. The first-order valence-electron chi connectivity index (χ1n) is 5.48. The summed E-state index contributed by atoms with van der Waals surface area (Å²) in [6.45, 7) is 2.05. The Morgan fingerprint density at radius 1 is 1.44 bits per heavy atom. The molecule has 0 saturated carbocycles. The van der Waals surface area contributed by atoms with Crippen LogP contribution in [0.2, 0.25) is 0 Å². The Bertz CT molecular complexity index is 554. The number of rotatable bonds is 4. The molecule has 0 aliphatic carbocycles. The average molecular weight is 249 g/mol. The highest BCUT2D eigenvalue weighted by atomic mass is 19.1. The first kappa shape index (κ1) is 12.2. The molecule has 6 heteroatoms. The van der Waals surface area contributed by atoms with Crippen LogP contribution in [0.4, 0.5) is 4.39 Å². The van der Waals surface area contributed by atoms with E-state index in [9.17, 15) is 9.18 Å². The second kappa shape index (κ2) is 5.39. The summed E-state index contributed by atoms with van der Waals surface area (Å²) in [4.78, 5) is 11.6. The SMILES string of the molecule is Cc1nnc(CCNC(=O)c2cccc(F)c2)o1. The van der Waals surface area contributed by atoms with Gasteiger partial charge in [0.05, 0.1) is 0 Å². The van der Waals surface area contributed by atoms with Crippen molar-refractivity contribution in [3.63, 3.8) is 0 Å². The molecule has 0 atom stereocenters. The fourth-order valence-electron chi connectivity index (χ4n) is 1.45. The second-order valence-electron chi connectivity index (χ2n) is 3.73. The number of aromatic nitrogens is 2. The molecule has 1 aromatic heterocycles. The quantitative estimate of drug-likeness (QED) is 0.891. The molecule has 0 fully saturated rings. The maximum Gasteiger partial charge on any atom is 0.251 e. The molecule has 0 aliphatic heterocycles. The largest absolute Gasteiger partial charge is 0.426 e. The molecule has 0 radical (unpaired) electrons. The number of aryl methyl sites for hydroxylation is 1. The van der Waals surface area contributed by atoms with Crippen LogP contribution in [0.25, 0.3) is 0 Å². The normalized spacial score (nSPS) is 10.3. The van der Waals surface area contributed by atoms with E-state index < -0.39 is 5.82 Å². The standard InChI is InChI=1S/C12H12FN3O2/c1-8-15-16-11(18-8)5-6-14-12(17)9-3-2-4-10(13)7-9/h2-4,7H,5-6H2,1H3,(H,14,17). The van der Waals surface area contributed by atoms with Gasteiger partial charge in [0, 0.05) is 25.5 Å². The van der Waals surface area contributed by atoms with Gasteiger partial charge >= 0.3 is 0 Å². The van der Waals surface area contributed by atoms with Gasteiger partial charge in [-0.05, 0) is 18.2 Å². The van der Waals surface area contributed by atoms with Crippen LogP contribution in [0.1, 0.15) is 22.1 Å². The number of benzene rings is 1. The summed E-state index contributed by atoms with van der Waals surface area (Å²) in [5, 5.41) is 10.1. The Labute approximate surface area is 103 Å². The highest BCUT2D eigenvalue weighted by Crippen LogP contribution is 2.03. The van der Waals surface area contributed by atoms with Crippen LogP contribution in [0.3, 0.4) is 0 Å². The van der Waals surface area contributed by atoms with Gasteiger partial charge in [0.2, 0.25) is 11.8 Å². The molecule has 2 aromatic rings. The minimum atomic E-state index is -0.435. The summed E-state index contributed by atoms with van der Waals surface area (Å²) in [6, 6.07) is 5.52. The van der Waals surface area contributed by atoms with Crippen molar-refractivity contribution < 1.29 is 13.6 Å². The van der Waals surface area contributed by atoms with Crippen molar-refractivity contribution in [1.82, 2.24) is 15.5 Å². The van der Waals surface area contributed by atoms with E-state index >= 15 is 0 Å². The van der Waals surface area contributed by atoms with Crippen molar-refractivity contribution in [3.8, 4) is 0 Å². The third-order valence-corrected chi connectivity index (χ3v) is 2.28. The Hall–Kier alpha value is -2.24. The number of carbonyl (C=O) groups excluding carboxylic acids is 1. The molecule has 0 saturated heterocycles. The molecule has 0 bridgehead atoms. The van der Waals surface area contributed by atoms with Crippen LogP contribution < -0.4 is 5.32 Å². The second-order valence-corrected chi connectivity index (χ2v) is 3.73. The molecule has 0 aliphatic rings. The number of nitrogens with one attached hydrogen (secondary N) is 1. The molecule has 1 amide bonds. The van der Waals surface area contributed by atoms with Crippen LogP contribution >= 0.6 is 0 Å². The van der Waals surface area contributed by atoms with Gasteiger partial charge in [-0.15, -0.1) is 10.2 Å². The van der Waals surface area contributed by atoms with Crippen LogP contribution in [0.5, 0.6) is 0 Å². The van der Waals surface area contributed by atoms with Crippen molar-refractivity contribution in [2.24, 2.45) is 0 Å². The van der Waals surface area contributed by atoms with Crippen molar-refractivity contribution in [2.45, 2.75) is 13.3 Å². The number of nitrogens with zero attached hydrogens (tertiary/aromatic N) is 2. The molecule has 1 heterocycles. The van der Waals surface area contributed by atoms with E-state index in [1.54, 1.807) is 13.0 Å². The Morgan fingerprint density at radius 3 is 2.94 bits per heavy atom. The fourth-order valence-corrected chi connectivity index (χ4v) is 1.45. The summed E-state index contributed by atoms with van der Waals surface area (Å²) in [5.74, 6) is 0.189. The predicted molar refractivity (Wildman–Crippen MR) is 61.5 cm³/mol. The lowest BCUT2D eigenvalue weighted by atomic mass is 10.2. The van der Waals surface area contributed by atoms with Crippen molar-refractivity contribution >= 4 is 5.91 Å². The van der Waals surface area contributed by atoms with Gasteiger partial charge in [0.25, 0.3) is 5.91 Å². The van der Waals surface area contributed by atoms with E-state index in [1.807, 2.05) is 0 Å². The van der Waals surface area contributed by atoms with Crippen LogP contribution in [-0.2, 0) is 6.42 Å². The van der Waals surface area contributed by atoms with Gasteiger partial charge in [-0.1, -0.05) is 6.07 Å². The number of amides is 1. The van der Waals surface area contributed by atoms with Crippen LogP contribution in [0.15, 0.2) is 28.7 Å². The molecule has 18 heavy (non-hydrogen) atoms. The molecular formula is C12H12FN3O2. The minimum Gasteiger partial charge on any atom is -0.426 e. The lowest BCUT2D eigenvalue weighted by molar-refractivity contribution is 0.0953. The van der Waals surface area contributed by atoms with Gasteiger partial charge in [-0.3, -0.25) is 4.79 Å². The molecular weight excluding hydrogens is 237 g/mol. The highest BCUT2D eigenvalue weighted by molar-refractivity contribution is 5.94. The summed E-state index contributed by atoms with van der Waals surface area (Å²) >= 11 is 0. The van der Waals surface area contributed by atoms with Gasteiger partial charge in [-0.25, -0.2) is 4.39 Å². The molecule has 5 nitrogen and oxygen atoms in total. The molecule has 2 rings (SSSR count). The van der Waals surface area contributed by atoms with E-state index in [0.29, 0.717) is 24.7 Å². The van der Waals surface area contributed by atoms with E-state index in [4.69, 9.17) is 4.42 Å². The maximum atomic E-state index is 12.9.